The van der Waals surface area contributed by atoms with Crippen LogP contribution in [-0.2, 0) is 0 Å². The van der Waals surface area contributed by atoms with Gasteiger partial charge in [0.2, 0.25) is 5.75 Å². The fourth-order valence-electron chi connectivity index (χ4n) is 0.796. The SMILES string of the molecule is N#Cc1cnc(N)c(O)c1OC(F)(F)F. The Bertz CT molecular complexity index is 425. The van der Waals surface area contributed by atoms with E-state index in [1.54, 1.807) is 0 Å². The predicted octanol–water partition coefficient (Wildman–Crippen LogP) is 1.14. The van der Waals surface area contributed by atoms with Gasteiger partial charge >= 0.3 is 6.36 Å². The maximum Gasteiger partial charge on any atom is 0.573 e. The molecule has 0 aliphatic heterocycles. The van der Waals surface area contributed by atoms with Crippen molar-refractivity contribution >= 4 is 5.82 Å². The van der Waals surface area contributed by atoms with Gasteiger partial charge in [0.1, 0.15) is 11.6 Å². The van der Waals surface area contributed by atoms with E-state index in [9.17, 15) is 13.2 Å². The molecule has 3 N–H and O–H groups in total. The van der Waals surface area contributed by atoms with Gasteiger partial charge in [-0.3, -0.25) is 0 Å². The van der Waals surface area contributed by atoms with Gasteiger partial charge in [-0.25, -0.2) is 4.98 Å². The van der Waals surface area contributed by atoms with Crippen molar-refractivity contribution in [2.75, 3.05) is 5.73 Å². The first-order chi connectivity index (χ1) is 6.85. The molecule has 0 bridgehead atoms. The second-order valence-electron chi connectivity index (χ2n) is 2.39. The average molecular weight is 219 g/mol. The topological polar surface area (TPSA) is 92.2 Å². The van der Waals surface area contributed by atoms with Crippen LogP contribution in [0.3, 0.4) is 0 Å². The van der Waals surface area contributed by atoms with Crippen molar-refractivity contribution in [2.45, 2.75) is 6.36 Å². The third kappa shape index (κ3) is 2.40. The largest absolute Gasteiger partial charge is 0.573 e. The van der Waals surface area contributed by atoms with E-state index >= 15 is 0 Å². The number of nitrogens with two attached hydrogens (primary N) is 1. The molecule has 0 fully saturated rings. The van der Waals surface area contributed by atoms with Crippen molar-refractivity contribution in [3.63, 3.8) is 0 Å². The molecule has 1 heterocycles. The molecule has 0 radical (unpaired) electrons. The van der Waals surface area contributed by atoms with Gasteiger partial charge in [0.25, 0.3) is 0 Å². The van der Waals surface area contributed by atoms with Crippen LogP contribution in [0, 0.1) is 11.3 Å². The second kappa shape index (κ2) is 3.53. The molecule has 1 rings (SSSR count). The van der Waals surface area contributed by atoms with Crippen LogP contribution < -0.4 is 10.5 Å². The summed E-state index contributed by atoms with van der Waals surface area (Å²) >= 11 is 0. The van der Waals surface area contributed by atoms with Gasteiger partial charge in [-0.15, -0.1) is 13.2 Å². The molecule has 0 aliphatic rings. The summed E-state index contributed by atoms with van der Waals surface area (Å²) in [5, 5.41) is 17.6. The van der Waals surface area contributed by atoms with Gasteiger partial charge in [0, 0.05) is 0 Å². The lowest BCUT2D eigenvalue weighted by Crippen LogP contribution is -2.18. The van der Waals surface area contributed by atoms with Crippen LogP contribution >= 0.6 is 0 Å². The van der Waals surface area contributed by atoms with Crippen LogP contribution in [0.15, 0.2) is 6.20 Å². The number of alkyl halides is 3. The fourth-order valence-corrected chi connectivity index (χ4v) is 0.796. The number of nitriles is 1. The Morgan fingerprint density at radius 2 is 2.13 bits per heavy atom. The van der Waals surface area contributed by atoms with Crippen LogP contribution in [0.2, 0.25) is 0 Å². The number of halogens is 3. The van der Waals surface area contributed by atoms with E-state index in [4.69, 9.17) is 16.1 Å². The molecule has 0 unspecified atom stereocenters. The van der Waals surface area contributed by atoms with Gasteiger partial charge in [-0.2, -0.15) is 5.26 Å². The minimum Gasteiger partial charge on any atom is -0.502 e. The molecule has 1 aromatic heterocycles. The van der Waals surface area contributed by atoms with Gasteiger partial charge in [-0.05, 0) is 0 Å². The van der Waals surface area contributed by atoms with Crippen molar-refractivity contribution < 1.29 is 23.0 Å². The van der Waals surface area contributed by atoms with E-state index in [-0.39, 0.29) is 0 Å². The Morgan fingerprint density at radius 3 is 2.60 bits per heavy atom. The Hall–Kier alpha value is -2.17. The zero-order valence-electron chi connectivity index (χ0n) is 7.04. The van der Waals surface area contributed by atoms with Crippen molar-refractivity contribution in [2.24, 2.45) is 0 Å². The highest BCUT2D eigenvalue weighted by Gasteiger charge is 2.34. The van der Waals surface area contributed by atoms with Gasteiger partial charge < -0.3 is 15.6 Å². The standard InChI is InChI=1S/C7H4F3N3O2/c8-7(9,10)15-5-3(1-11)2-13-6(12)4(5)14/h2,14H,(H2,12,13). The summed E-state index contributed by atoms with van der Waals surface area (Å²) in [5.41, 5.74) is 4.49. The third-order valence-electron chi connectivity index (χ3n) is 1.37. The molecule has 0 aromatic carbocycles. The molecule has 8 heteroatoms. The second-order valence-corrected chi connectivity index (χ2v) is 2.39. The molecule has 0 saturated carbocycles. The minimum absolute atomic E-state index is 0.548. The molecule has 0 aliphatic carbocycles. The molecule has 0 atom stereocenters. The van der Waals surface area contributed by atoms with Crippen molar-refractivity contribution in [3.8, 4) is 17.6 Å². The lowest BCUT2D eigenvalue weighted by Gasteiger charge is -2.11. The fraction of sp³-hybridized carbons (Fsp3) is 0.143. The molecule has 0 amide bonds. The molecule has 15 heavy (non-hydrogen) atoms. The summed E-state index contributed by atoms with van der Waals surface area (Å²) in [6.45, 7) is 0. The molecule has 0 saturated heterocycles. The first kappa shape index (κ1) is 10.9. The number of pyridine rings is 1. The Morgan fingerprint density at radius 1 is 1.53 bits per heavy atom. The Kier molecular flexibility index (Phi) is 2.57. The van der Waals surface area contributed by atoms with E-state index in [1.807, 2.05) is 0 Å². The zero-order chi connectivity index (χ0) is 11.6. The maximum absolute atomic E-state index is 11.9. The van der Waals surface area contributed by atoms with E-state index in [2.05, 4.69) is 9.72 Å². The number of nitrogen functional groups attached to an aromatic ring is 1. The molecule has 0 spiro atoms. The lowest BCUT2D eigenvalue weighted by atomic mass is 10.2. The predicted molar refractivity (Wildman–Crippen MR) is 41.7 cm³/mol. The Labute approximate surface area is 81.5 Å². The van der Waals surface area contributed by atoms with Gasteiger partial charge in [-0.1, -0.05) is 0 Å². The number of rotatable bonds is 1. The minimum atomic E-state index is -5.02. The molecule has 80 valence electrons. The van der Waals surface area contributed by atoms with E-state index in [0.29, 0.717) is 0 Å². The number of hydrogen-bond acceptors (Lipinski definition) is 5. The zero-order valence-corrected chi connectivity index (χ0v) is 7.04. The summed E-state index contributed by atoms with van der Waals surface area (Å²) in [7, 11) is 0. The van der Waals surface area contributed by atoms with Crippen LogP contribution in [0.1, 0.15) is 5.56 Å². The number of ether oxygens (including phenoxy) is 1. The Balaban J connectivity index is 3.26. The van der Waals surface area contributed by atoms with Crippen LogP contribution in [0.25, 0.3) is 0 Å². The number of aromatic hydroxyl groups is 1. The average Bonchev–Trinajstić information content (AvgIpc) is 2.11. The summed E-state index contributed by atoms with van der Waals surface area (Å²) in [4.78, 5) is 3.30. The highest BCUT2D eigenvalue weighted by molar-refractivity contribution is 5.60. The number of nitrogens with zero attached hydrogens (tertiary/aromatic N) is 2. The lowest BCUT2D eigenvalue weighted by molar-refractivity contribution is -0.275. The van der Waals surface area contributed by atoms with Gasteiger partial charge in [0.15, 0.2) is 11.6 Å². The number of anilines is 1. The number of hydrogen-bond donors (Lipinski definition) is 2. The smallest absolute Gasteiger partial charge is 0.502 e. The van der Waals surface area contributed by atoms with E-state index < -0.39 is 29.2 Å². The van der Waals surface area contributed by atoms with E-state index in [1.165, 1.54) is 6.07 Å². The van der Waals surface area contributed by atoms with E-state index in [0.717, 1.165) is 6.20 Å². The molecular weight excluding hydrogens is 215 g/mol. The van der Waals surface area contributed by atoms with Crippen molar-refractivity contribution in [1.29, 1.82) is 5.26 Å². The van der Waals surface area contributed by atoms with Crippen molar-refractivity contribution in [1.82, 2.24) is 4.98 Å². The monoisotopic (exact) mass is 219 g/mol. The molecular formula is C7H4F3N3O2. The first-order valence-electron chi connectivity index (χ1n) is 3.48. The highest BCUT2D eigenvalue weighted by atomic mass is 19.4. The summed E-state index contributed by atoms with van der Waals surface area (Å²) in [6.07, 6.45) is -4.24. The summed E-state index contributed by atoms with van der Waals surface area (Å²) in [6, 6.07) is 1.38. The number of aromatic nitrogens is 1. The summed E-state index contributed by atoms with van der Waals surface area (Å²) < 4.78 is 39.0. The van der Waals surface area contributed by atoms with Crippen LogP contribution in [0.4, 0.5) is 19.0 Å². The highest BCUT2D eigenvalue weighted by Crippen LogP contribution is 2.37. The normalized spacial score (nSPS) is 10.8. The van der Waals surface area contributed by atoms with Crippen LogP contribution in [-0.4, -0.2) is 16.5 Å². The third-order valence-corrected chi connectivity index (χ3v) is 1.37. The maximum atomic E-state index is 11.9. The first-order valence-corrected chi connectivity index (χ1v) is 3.48. The quantitative estimate of drug-likeness (QED) is 0.738. The molecule has 5 nitrogen and oxygen atoms in total. The summed E-state index contributed by atoms with van der Waals surface area (Å²) in [5.74, 6) is -2.60. The van der Waals surface area contributed by atoms with Crippen molar-refractivity contribution in [3.05, 3.63) is 11.8 Å². The van der Waals surface area contributed by atoms with Gasteiger partial charge in [0.05, 0.1) is 6.20 Å². The molecule has 1 aromatic rings. The van der Waals surface area contributed by atoms with Crippen LogP contribution in [0.5, 0.6) is 11.5 Å².